The van der Waals surface area contributed by atoms with Gasteiger partial charge in [-0.25, -0.2) is 0 Å². The Bertz CT molecular complexity index is 323. The Hall–Kier alpha value is -1.06. The van der Waals surface area contributed by atoms with Crippen LogP contribution in [0.5, 0.6) is 0 Å². The summed E-state index contributed by atoms with van der Waals surface area (Å²) in [4.78, 5) is 22.7. The molecule has 2 aliphatic carbocycles. The lowest BCUT2D eigenvalue weighted by Gasteiger charge is -2.16. The van der Waals surface area contributed by atoms with E-state index in [0.717, 1.165) is 19.4 Å². The first-order valence-electron chi connectivity index (χ1n) is 6.57. The topological polar surface area (TPSA) is 66.4 Å². The van der Waals surface area contributed by atoms with Gasteiger partial charge >= 0.3 is 5.97 Å². The number of hydrogen-bond donors (Lipinski definition) is 2. The molecule has 96 valence electrons. The SMILES string of the molecule is CCC1(CNC(=O)[C@@H]2CC[C@H](C(=O)O)C2)CC1. The van der Waals surface area contributed by atoms with Crippen molar-refractivity contribution in [3.05, 3.63) is 0 Å². The molecular weight excluding hydrogens is 218 g/mol. The van der Waals surface area contributed by atoms with E-state index < -0.39 is 5.97 Å². The Kier molecular flexibility index (Phi) is 3.40. The van der Waals surface area contributed by atoms with Crippen molar-refractivity contribution in [2.24, 2.45) is 17.3 Å². The van der Waals surface area contributed by atoms with Gasteiger partial charge < -0.3 is 10.4 Å². The second kappa shape index (κ2) is 4.67. The van der Waals surface area contributed by atoms with E-state index in [2.05, 4.69) is 12.2 Å². The number of amides is 1. The number of carboxylic acids is 1. The van der Waals surface area contributed by atoms with Crippen LogP contribution in [-0.4, -0.2) is 23.5 Å². The van der Waals surface area contributed by atoms with Crippen molar-refractivity contribution in [1.29, 1.82) is 0 Å². The molecule has 2 N–H and O–H groups in total. The predicted molar refractivity (Wildman–Crippen MR) is 63.4 cm³/mol. The fourth-order valence-electron chi connectivity index (χ4n) is 2.69. The van der Waals surface area contributed by atoms with Gasteiger partial charge in [0.2, 0.25) is 5.91 Å². The van der Waals surface area contributed by atoms with Gasteiger partial charge in [-0.15, -0.1) is 0 Å². The van der Waals surface area contributed by atoms with Gasteiger partial charge in [0.15, 0.2) is 0 Å². The summed E-state index contributed by atoms with van der Waals surface area (Å²) in [5.74, 6) is -1.09. The van der Waals surface area contributed by atoms with E-state index in [9.17, 15) is 9.59 Å². The molecule has 17 heavy (non-hydrogen) atoms. The minimum absolute atomic E-state index is 0.0634. The molecule has 0 aromatic heterocycles. The van der Waals surface area contributed by atoms with Crippen LogP contribution < -0.4 is 5.32 Å². The Labute approximate surface area is 102 Å². The van der Waals surface area contributed by atoms with E-state index in [1.165, 1.54) is 12.8 Å². The van der Waals surface area contributed by atoms with Crippen molar-refractivity contribution in [3.8, 4) is 0 Å². The van der Waals surface area contributed by atoms with E-state index in [0.29, 0.717) is 18.3 Å². The maximum absolute atomic E-state index is 11.9. The molecule has 2 saturated carbocycles. The van der Waals surface area contributed by atoms with Crippen molar-refractivity contribution in [1.82, 2.24) is 5.32 Å². The second-order valence-corrected chi connectivity index (χ2v) is 5.62. The molecule has 0 heterocycles. The van der Waals surface area contributed by atoms with Gasteiger partial charge in [-0.05, 0) is 43.9 Å². The molecule has 4 nitrogen and oxygen atoms in total. The molecule has 2 rings (SSSR count). The summed E-state index contributed by atoms with van der Waals surface area (Å²) >= 11 is 0. The molecule has 0 unspecified atom stereocenters. The monoisotopic (exact) mass is 239 g/mol. The highest BCUT2D eigenvalue weighted by molar-refractivity contribution is 5.80. The van der Waals surface area contributed by atoms with Crippen LogP contribution in [0.3, 0.4) is 0 Å². The average molecular weight is 239 g/mol. The van der Waals surface area contributed by atoms with Gasteiger partial charge in [-0.2, -0.15) is 0 Å². The van der Waals surface area contributed by atoms with Crippen LogP contribution in [-0.2, 0) is 9.59 Å². The molecule has 0 bridgehead atoms. The zero-order valence-corrected chi connectivity index (χ0v) is 10.4. The van der Waals surface area contributed by atoms with E-state index in [-0.39, 0.29) is 17.7 Å². The van der Waals surface area contributed by atoms with Crippen LogP contribution >= 0.6 is 0 Å². The fraction of sp³-hybridized carbons (Fsp3) is 0.846. The summed E-state index contributed by atoms with van der Waals surface area (Å²) in [6.07, 6.45) is 5.43. The van der Waals surface area contributed by atoms with Crippen LogP contribution in [0.4, 0.5) is 0 Å². The molecule has 0 radical (unpaired) electrons. The summed E-state index contributed by atoms with van der Waals surface area (Å²) in [5, 5.41) is 11.9. The van der Waals surface area contributed by atoms with Crippen LogP contribution in [0.25, 0.3) is 0 Å². The lowest BCUT2D eigenvalue weighted by molar-refractivity contribution is -0.141. The van der Waals surface area contributed by atoms with Crippen molar-refractivity contribution in [2.45, 2.75) is 45.4 Å². The molecule has 0 spiro atoms. The molecular formula is C13H21NO3. The number of aliphatic carboxylic acids is 1. The smallest absolute Gasteiger partial charge is 0.306 e. The molecule has 2 fully saturated rings. The lowest BCUT2D eigenvalue weighted by atomic mass is 10.0. The van der Waals surface area contributed by atoms with Crippen LogP contribution in [0, 0.1) is 17.3 Å². The van der Waals surface area contributed by atoms with Crippen molar-refractivity contribution in [3.63, 3.8) is 0 Å². The van der Waals surface area contributed by atoms with E-state index in [4.69, 9.17) is 5.11 Å². The van der Waals surface area contributed by atoms with Gasteiger partial charge in [0, 0.05) is 12.5 Å². The quantitative estimate of drug-likeness (QED) is 0.768. The Morgan fingerprint density at radius 1 is 1.29 bits per heavy atom. The highest BCUT2D eigenvalue weighted by atomic mass is 16.4. The van der Waals surface area contributed by atoms with Gasteiger partial charge in [0.1, 0.15) is 0 Å². The van der Waals surface area contributed by atoms with Crippen molar-refractivity contribution in [2.75, 3.05) is 6.54 Å². The third-order valence-corrected chi connectivity index (χ3v) is 4.50. The average Bonchev–Trinajstić information content (AvgIpc) is 2.92. The van der Waals surface area contributed by atoms with Crippen LogP contribution in [0.15, 0.2) is 0 Å². The highest BCUT2D eigenvalue weighted by Crippen LogP contribution is 2.48. The summed E-state index contributed by atoms with van der Waals surface area (Å²) in [5.41, 5.74) is 0.362. The Balaban J connectivity index is 1.76. The third-order valence-electron chi connectivity index (χ3n) is 4.50. The first-order valence-corrected chi connectivity index (χ1v) is 6.57. The molecule has 0 aliphatic heterocycles. The number of carbonyl (C=O) groups excluding carboxylic acids is 1. The third kappa shape index (κ3) is 2.79. The number of hydrogen-bond acceptors (Lipinski definition) is 2. The minimum atomic E-state index is -0.757. The second-order valence-electron chi connectivity index (χ2n) is 5.62. The van der Waals surface area contributed by atoms with Gasteiger partial charge in [0.25, 0.3) is 0 Å². The zero-order valence-electron chi connectivity index (χ0n) is 10.4. The molecule has 2 aliphatic rings. The standard InChI is InChI=1S/C13H21NO3/c1-2-13(5-6-13)8-14-11(15)9-3-4-10(7-9)12(16)17/h9-10H,2-8H2,1H3,(H,14,15)(H,16,17)/t9-,10+/m1/s1. The van der Waals surface area contributed by atoms with E-state index in [1.807, 2.05) is 0 Å². The molecule has 1 amide bonds. The molecule has 0 aromatic carbocycles. The van der Waals surface area contributed by atoms with Crippen molar-refractivity contribution >= 4 is 11.9 Å². The Morgan fingerprint density at radius 2 is 1.94 bits per heavy atom. The fourth-order valence-corrected chi connectivity index (χ4v) is 2.69. The van der Waals surface area contributed by atoms with Crippen molar-refractivity contribution < 1.29 is 14.7 Å². The largest absolute Gasteiger partial charge is 0.481 e. The summed E-state index contributed by atoms with van der Waals surface area (Å²) in [6, 6.07) is 0. The first kappa shape index (κ1) is 12.4. The van der Waals surface area contributed by atoms with Gasteiger partial charge in [-0.3, -0.25) is 9.59 Å². The number of nitrogens with one attached hydrogen (secondary N) is 1. The minimum Gasteiger partial charge on any atom is -0.481 e. The van der Waals surface area contributed by atoms with Crippen LogP contribution in [0.2, 0.25) is 0 Å². The molecule has 4 heteroatoms. The summed E-state index contributed by atoms with van der Waals surface area (Å²) in [6.45, 7) is 2.94. The number of carboxylic acid groups (broad SMARTS) is 1. The molecule has 0 saturated heterocycles. The predicted octanol–water partition coefficient (Wildman–Crippen LogP) is 1.79. The zero-order chi connectivity index (χ0) is 12.5. The van der Waals surface area contributed by atoms with E-state index >= 15 is 0 Å². The maximum Gasteiger partial charge on any atom is 0.306 e. The molecule has 0 aromatic rings. The normalized spacial score (nSPS) is 29.9. The van der Waals surface area contributed by atoms with Gasteiger partial charge in [0.05, 0.1) is 5.92 Å². The number of carbonyl (C=O) groups is 2. The number of rotatable bonds is 5. The summed E-state index contributed by atoms with van der Waals surface area (Å²) in [7, 11) is 0. The lowest BCUT2D eigenvalue weighted by Crippen LogP contribution is -2.34. The van der Waals surface area contributed by atoms with E-state index in [1.54, 1.807) is 0 Å². The Morgan fingerprint density at radius 3 is 2.41 bits per heavy atom. The first-order chi connectivity index (χ1) is 8.06. The van der Waals surface area contributed by atoms with Gasteiger partial charge in [-0.1, -0.05) is 6.92 Å². The molecule has 2 atom stereocenters. The highest BCUT2D eigenvalue weighted by Gasteiger charge is 2.41. The summed E-state index contributed by atoms with van der Waals surface area (Å²) < 4.78 is 0. The van der Waals surface area contributed by atoms with Crippen LogP contribution in [0.1, 0.15) is 45.4 Å². The maximum atomic E-state index is 11.9.